The number of benzene rings is 1. The van der Waals surface area contributed by atoms with Gasteiger partial charge in [0.25, 0.3) is 0 Å². The second-order valence-corrected chi connectivity index (χ2v) is 7.37. The van der Waals surface area contributed by atoms with Crippen molar-refractivity contribution in [2.24, 2.45) is 0 Å². The molecule has 1 aromatic carbocycles. The van der Waals surface area contributed by atoms with Gasteiger partial charge in [-0.25, -0.2) is 4.98 Å². The van der Waals surface area contributed by atoms with Crippen LogP contribution in [0.5, 0.6) is 0 Å². The van der Waals surface area contributed by atoms with E-state index in [1.807, 2.05) is 0 Å². The predicted molar refractivity (Wildman–Crippen MR) is 119 cm³/mol. The van der Waals surface area contributed by atoms with Crippen LogP contribution < -0.4 is 4.90 Å². The van der Waals surface area contributed by atoms with Crippen molar-refractivity contribution in [1.29, 1.82) is 0 Å². The SMILES string of the molecule is CCN1CCN(c2nc(-c3cc(C)cs3)cc3ccccc23)CC1.Cl.Cl. The normalized spacial score (nSPS) is 14.8. The molecule has 2 aromatic heterocycles. The third kappa shape index (κ3) is 4.15. The Kier molecular flexibility index (Phi) is 7.30. The summed E-state index contributed by atoms with van der Waals surface area (Å²) in [7, 11) is 0. The fraction of sp³-hybridized carbons (Fsp3) is 0.350. The Labute approximate surface area is 171 Å². The lowest BCUT2D eigenvalue weighted by molar-refractivity contribution is 0.271. The highest BCUT2D eigenvalue weighted by atomic mass is 35.5. The first-order chi connectivity index (χ1) is 11.7. The summed E-state index contributed by atoms with van der Waals surface area (Å²) in [5.41, 5.74) is 2.41. The molecule has 1 aliphatic rings. The lowest BCUT2D eigenvalue weighted by atomic mass is 10.1. The van der Waals surface area contributed by atoms with Gasteiger partial charge in [-0.3, -0.25) is 0 Å². The molecule has 0 unspecified atom stereocenters. The zero-order valence-corrected chi connectivity index (χ0v) is 17.6. The molecule has 0 atom stereocenters. The maximum Gasteiger partial charge on any atom is 0.137 e. The first kappa shape index (κ1) is 21.0. The van der Waals surface area contributed by atoms with Gasteiger partial charge in [0, 0.05) is 31.6 Å². The number of anilines is 1. The largest absolute Gasteiger partial charge is 0.354 e. The summed E-state index contributed by atoms with van der Waals surface area (Å²) in [5.74, 6) is 1.14. The van der Waals surface area contributed by atoms with E-state index in [0.29, 0.717) is 0 Å². The molecule has 0 saturated carbocycles. The minimum Gasteiger partial charge on any atom is -0.354 e. The summed E-state index contributed by atoms with van der Waals surface area (Å²) in [4.78, 5) is 11.3. The highest BCUT2D eigenvalue weighted by Crippen LogP contribution is 2.33. The summed E-state index contributed by atoms with van der Waals surface area (Å²) in [6, 6.07) is 13.1. The van der Waals surface area contributed by atoms with Crippen LogP contribution >= 0.6 is 36.2 Å². The number of rotatable bonds is 3. The van der Waals surface area contributed by atoms with E-state index in [-0.39, 0.29) is 24.8 Å². The standard InChI is InChI=1S/C20H23N3S.2ClH/c1-3-22-8-10-23(11-9-22)20-17-7-5-4-6-16(17)13-18(21-20)19-12-15(2)14-24-19;;/h4-7,12-14H,3,8-11H2,1-2H3;2*1H. The van der Waals surface area contributed by atoms with Crippen LogP contribution in [-0.4, -0.2) is 42.6 Å². The molecule has 1 aliphatic heterocycles. The van der Waals surface area contributed by atoms with Gasteiger partial charge in [0.05, 0.1) is 10.6 Å². The van der Waals surface area contributed by atoms with E-state index in [1.54, 1.807) is 11.3 Å². The molecule has 0 aliphatic carbocycles. The Balaban J connectivity index is 0.00000121. The van der Waals surface area contributed by atoms with Gasteiger partial charge in [-0.2, -0.15) is 0 Å². The first-order valence-electron chi connectivity index (χ1n) is 8.67. The summed E-state index contributed by atoms with van der Waals surface area (Å²) in [5, 5.41) is 4.74. The number of halogens is 2. The fourth-order valence-corrected chi connectivity index (χ4v) is 4.25. The molecule has 6 heteroatoms. The van der Waals surface area contributed by atoms with Crippen molar-refractivity contribution in [3.8, 4) is 10.6 Å². The topological polar surface area (TPSA) is 19.4 Å². The molecule has 26 heavy (non-hydrogen) atoms. The number of piperazine rings is 1. The van der Waals surface area contributed by atoms with Crippen molar-refractivity contribution in [3.63, 3.8) is 0 Å². The Hall–Kier alpha value is -1.33. The Morgan fingerprint density at radius 2 is 1.77 bits per heavy atom. The summed E-state index contributed by atoms with van der Waals surface area (Å²) >= 11 is 1.78. The van der Waals surface area contributed by atoms with Gasteiger partial charge in [-0.15, -0.1) is 36.2 Å². The van der Waals surface area contributed by atoms with E-state index < -0.39 is 0 Å². The monoisotopic (exact) mass is 409 g/mol. The molecule has 0 bridgehead atoms. The number of aryl methyl sites for hydroxylation is 1. The smallest absolute Gasteiger partial charge is 0.137 e. The maximum atomic E-state index is 5.08. The molecule has 3 heterocycles. The highest BCUT2D eigenvalue weighted by Gasteiger charge is 2.20. The highest BCUT2D eigenvalue weighted by molar-refractivity contribution is 7.13. The molecular formula is C20H25Cl2N3S. The third-order valence-corrected chi connectivity index (χ3v) is 5.89. The van der Waals surface area contributed by atoms with Gasteiger partial charge < -0.3 is 9.80 Å². The molecular weight excluding hydrogens is 385 g/mol. The Morgan fingerprint density at radius 3 is 2.42 bits per heavy atom. The van der Waals surface area contributed by atoms with Crippen molar-refractivity contribution >= 4 is 52.7 Å². The minimum absolute atomic E-state index is 0. The number of hydrogen-bond acceptors (Lipinski definition) is 4. The average molecular weight is 410 g/mol. The molecule has 0 radical (unpaired) electrons. The first-order valence-corrected chi connectivity index (χ1v) is 9.55. The molecule has 4 rings (SSSR count). The van der Waals surface area contributed by atoms with Crippen LogP contribution in [0, 0.1) is 6.92 Å². The molecule has 0 spiro atoms. The van der Waals surface area contributed by atoms with Crippen molar-refractivity contribution in [2.75, 3.05) is 37.6 Å². The molecule has 1 fully saturated rings. The van der Waals surface area contributed by atoms with Crippen LogP contribution in [0.1, 0.15) is 12.5 Å². The lowest BCUT2D eigenvalue weighted by Gasteiger charge is -2.35. The van der Waals surface area contributed by atoms with Gasteiger partial charge in [-0.1, -0.05) is 31.2 Å². The molecule has 3 aromatic rings. The summed E-state index contributed by atoms with van der Waals surface area (Å²) in [6.07, 6.45) is 0. The van der Waals surface area contributed by atoms with Crippen molar-refractivity contribution in [1.82, 2.24) is 9.88 Å². The number of thiophene rings is 1. The molecule has 0 amide bonds. The van der Waals surface area contributed by atoms with Gasteiger partial charge in [-0.05, 0) is 41.9 Å². The number of pyridine rings is 1. The molecule has 140 valence electrons. The van der Waals surface area contributed by atoms with Crippen molar-refractivity contribution in [2.45, 2.75) is 13.8 Å². The van der Waals surface area contributed by atoms with Crippen molar-refractivity contribution < 1.29 is 0 Å². The average Bonchev–Trinajstić information content (AvgIpc) is 3.07. The van der Waals surface area contributed by atoms with Crippen LogP contribution in [0.15, 0.2) is 41.8 Å². The van der Waals surface area contributed by atoms with Crippen LogP contribution in [-0.2, 0) is 0 Å². The molecule has 3 nitrogen and oxygen atoms in total. The van der Waals surface area contributed by atoms with Crippen LogP contribution in [0.3, 0.4) is 0 Å². The summed E-state index contributed by atoms with van der Waals surface area (Å²) in [6.45, 7) is 9.87. The van der Waals surface area contributed by atoms with Crippen LogP contribution in [0.25, 0.3) is 21.3 Å². The molecule has 0 N–H and O–H groups in total. The second kappa shape index (κ2) is 9.05. The number of fused-ring (bicyclic) bond motifs is 1. The third-order valence-electron chi connectivity index (χ3n) is 4.82. The number of nitrogens with zero attached hydrogens (tertiary/aromatic N) is 3. The lowest BCUT2D eigenvalue weighted by Crippen LogP contribution is -2.46. The minimum atomic E-state index is 0. The summed E-state index contributed by atoms with van der Waals surface area (Å²) < 4.78 is 0. The van der Waals surface area contributed by atoms with E-state index in [1.165, 1.54) is 21.2 Å². The number of hydrogen-bond donors (Lipinski definition) is 0. The van der Waals surface area contributed by atoms with E-state index in [9.17, 15) is 0 Å². The van der Waals surface area contributed by atoms with Gasteiger partial charge in [0.2, 0.25) is 0 Å². The van der Waals surface area contributed by atoms with Crippen LogP contribution in [0.4, 0.5) is 5.82 Å². The van der Waals surface area contributed by atoms with Gasteiger partial charge >= 0.3 is 0 Å². The molecule has 1 saturated heterocycles. The fourth-order valence-electron chi connectivity index (χ4n) is 3.39. The second-order valence-electron chi connectivity index (χ2n) is 6.46. The van der Waals surface area contributed by atoms with E-state index in [0.717, 1.165) is 44.2 Å². The van der Waals surface area contributed by atoms with E-state index >= 15 is 0 Å². The zero-order valence-electron chi connectivity index (χ0n) is 15.1. The Bertz CT molecular complexity index is 857. The van der Waals surface area contributed by atoms with E-state index in [2.05, 4.69) is 65.4 Å². The Morgan fingerprint density at radius 1 is 1.04 bits per heavy atom. The quantitative estimate of drug-likeness (QED) is 0.587. The maximum absolute atomic E-state index is 5.08. The van der Waals surface area contributed by atoms with Gasteiger partial charge in [0.1, 0.15) is 5.82 Å². The van der Waals surface area contributed by atoms with Crippen LogP contribution in [0.2, 0.25) is 0 Å². The number of likely N-dealkylation sites (N-methyl/N-ethyl adjacent to an activating group) is 1. The van der Waals surface area contributed by atoms with Crippen molar-refractivity contribution in [3.05, 3.63) is 47.3 Å². The van der Waals surface area contributed by atoms with Gasteiger partial charge in [0.15, 0.2) is 0 Å². The van der Waals surface area contributed by atoms with E-state index in [4.69, 9.17) is 4.98 Å². The zero-order chi connectivity index (χ0) is 16.5. The predicted octanol–water partition coefficient (Wildman–Crippen LogP) is 5.26. The number of aromatic nitrogens is 1.